The first-order chi connectivity index (χ1) is 12.8. The average Bonchev–Trinajstić information content (AvgIpc) is 3.13. The third-order valence-corrected chi connectivity index (χ3v) is 6.14. The van der Waals surface area contributed by atoms with Gasteiger partial charge in [0.1, 0.15) is 0 Å². The van der Waals surface area contributed by atoms with Gasteiger partial charge in [0.15, 0.2) is 5.78 Å². The second kappa shape index (κ2) is 7.78. The van der Waals surface area contributed by atoms with Gasteiger partial charge in [-0.05, 0) is 37.2 Å². The number of hydrogen-bond acceptors (Lipinski definition) is 3. The van der Waals surface area contributed by atoms with Crippen LogP contribution in [0.1, 0.15) is 67.3 Å². The zero-order valence-electron chi connectivity index (χ0n) is 17.6. The maximum Gasteiger partial charge on any atom is 0.227 e. The summed E-state index contributed by atoms with van der Waals surface area (Å²) in [5.41, 5.74) is 4.07. The Morgan fingerprint density at radius 3 is 2.70 bits per heavy atom. The highest BCUT2D eigenvalue weighted by Gasteiger charge is 2.37. The maximum atomic E-state index is 13.0. The van der Waals surface area contributed by atoms with Crippen molar-refractivity contribution in [3.8, 4) is 0 Å². The van der Waals surface area contributed by atoms with E-state index in [9.17, 15) is 9.59 Å². The van der Waals surface area contributed by atoms with Gasteiger partial charge in [-0.3, -0.25) is 9.59 Å². The number of carbonyl (C=O) groups excluding carboxylic acids is 2. The van der Waals surface area contributed by atoms with E-state index in [1.807, 2.05) is 4.90 Å². The molecule has 1 fully saturated rings. The number of ether oxygens (including phenoxy) is 1. The fourth-order valence-electron chi connectivity index (χ4n) is 4.84. The molecule has 1 aliphatic carbocycles. The van der Waals surface area contributed by atoms with Gasteiger partial charge in [-0.1, -0.05) is 20.8 Å². The SMILES string of the molecule is CCCn1c(C)c(CC(=O)N2CC[C@@H](COC)C2)c2c1CC(C)(C)CC2=O. The van der Waals surface area contributed by atoms with Gasteiger partial charge >= 0.3 is 0 Å². The Bertz CT molecular complexity index is 732. The van der Waals surface area contributed by atoms with Crippen molar-refractivity contribution in [3.05, 3.63) is 22.5 Å². The molecular weight excluding hydrogens is 340 g/mol. The lowest BCUT2D eigenvalue weighted by Gasteiger charge is -2.30. The molecule has 5 heteroatoms. The van der Waals surface area contributed by atoms with Crippen molar-refractivity contribution in [1.29, 1.82) is 0 Å². The van der Waals surface area contributed by atoms with Crippen LogP contribution in [0.25, 0.3) is 0 Å². The number of fused-ring (bicyclic) bond motifs is 1. The van der Waals surface area contributed by atoms with Crippen LogP contribution >= 0.6 is 0 Å². The van der Waals surface area contributed by atoms with Crippen molar-refractivity contribution in [2.45, 2.75) is 66.3 Å². The second-order valence-electron chi connectivity index (χ2n) is 9.10. The third kappa shape index (κ3) is 3.98. The standard InChI is InChI=1S/C22H34N2O3/c1-6-8-24-15(2)17(21-18(24)11-22(3,4)12-19(21)25)10-20(26)23-9-7-16(13-23)14-27-5/h16H,6-14H2,1-5H3/t16-/m1/s1. The fourth-order valence-corrected chi connectivity index (χ4v) is 4.84. The minimum atomic E-state index is -0.00995. The topological polar surface area (TPSA) is 51.5 Å². The van der Waals surface area contributed by atoms with Gasteiger partial charge in [-0.15, -0.1) is 0 Å². The molecule has 1 atom stereocenters. The van der Waals surface area contributed by atoms with Crippen LogP contribution in [-0.2, 0) is 28.9 Å². The summed E-state index contributed by atoms with van der Waals surface area (Å²) < 4.78 is 7.54. The van der Waals surface area contributed by atoms with Crippen LogP contribution < -0.4 is 0 Å². The Morgan fingerprint density at radius 2 is 2.04 bits per heavy atom. The van der Waals surface area contributed by atoms with E-state index >= 15 is 0 Å². The molecule has 2 heterocycles. The summed E-state index contributed by atoms with van der Waals surface area (Å²) in [4.78, 5) is 27.9. The van der Waals surface area contributed by atoms with Crippen LogP contribution in [0, 0.1) is 18.3 Å². The van der Waals surface area contributed by atoms with Gasteiger partial charge in [0.2, 0.25) is 5.91 Å². The molecule has 1 aliphatic heterocycles. The van der Waals surface area contributed by atoms with Gasteiger partial charge in [0.05, 0.1) is 13.0 Å². The Kier molecular flexibility index (Phi) is 5.80. The quantitative estimate of drug-likeness (QED) is 0.767. The van der Waals surface area contributed by atoms with Gasteiger partial charge in [-0.25, -0.2) is 0 Å². The van der Waals surface area contributed by atoms with Crippen molar-refractivity contribution in [2.24, 2.45) is 11.3 Å². The molecule has 1 saturated heterocycles. The molecule has 27 heavy (non-hydrogen) atoms. The van der Waals surface area contributed by atoms with E-state index in [-0.39, 0.29) is 17.1 Å². The van der Waals surface area contributed by atoms with E-state index < -0.39 is 0 Å². The van der Waals surface area contributed by atoms with Crippen LogP contribution in [0.3, 0.4) is 0 Å². The Labute approximate surface area is 163 Å². The first-order valence-corrected chi connectivity index (χ1v) is 10.3. The van der Waals surface area contributed by atoms with E-state index in [4.69, 9.17) is 4.74 Å². The number of rotatable bonds is 6. The van der Waals surface area contributed by atoms with Gasteiger partial charge in [0.25, 0.3) is 0 Å². The molecular formula is C22H34N2O3. The highest BCUT2D eigenvalue weighted by molar-refractivity contribution is 6.01. The smallest absolute Gasteiger partial charge is 0.227 e. The van der Waals surface area contributed by atoms with Crippen LogP contribution in [-0.4, -0.2) is 48.0 Å². The zero-order valence-corrected chi connectivity index (χ0v) is 17.6. The normalized spacial score (nSPS) is 21.6. The van der Waals surface area contributed by atoms with Crippen molar-refractivity contribution in [3.63, 3.8) is 0 Å². The van der Waals surface area contributed by atoms with E-state index in [1.54, 1.807) is 7.11 Å². The van der Waals surface area contributed by atoms with E-state index in [0.717, 1.165) is 61.4 Å². The Hall–Kier alpha value is -1.62. The van der Waals surface area contributed by atoms with Gasteiger partial charge < -0.3 is 14.2 Å². The van der Waals surface area contributed by atoms with E-state index in [0.29, 0.717) is 25.4 Å². The van der Waals surface area contributed by atoms with Crippen LogP contribution in [0.4, 0.5) is 0 Å². The van der Waals surface area contributed by atoms with Crippen molar-refractivity contribution >= 4 is 11.7 Å². The number of nitrogens with zero attached hydrogens (tertiary/aromatic N) is 2. The maximum absolute atomic E-state index is 13.0. The molecule has 0 saturated carbocycles. The molecule has 1 aromatic heterocycles. The minimum absolute atomic E-state index is 0.00995. The molecule has 5 nitrogen and oxygen atoms in total. The lowest BCUT2D eigenvalue weighted by atomic mass is 9.75. The molecule has 0 N–H and O–H groups in total. The lowest BCUT2D eigenvalue weighted by Crippen LogP contribution is -2.32. The van der Waals surface area contributed by atoms with Crippen LogP contribution in [0.2, 0.25) is 0 Å². The van der Waals surface area contributed by atoms with Crippen molar-refractivity contribution in [2.75, 3.05) is 26.8 Å². The first-order valence-electron chi connectivity index (χ1n) is 10.3. The number of amides is 1. The first kappa shape index (κ1) is 20.1. The molecule has 0 unspecified atom stereocenters. The fraction of sp³-hybridized carbons (Fsp3) is 0.727. The summed E-state index contributed by atoms with van der Waals surface area (Å²) in [6.45, 7) is 11.7. The zero-order chi connectivity index (χ0) is 19.8. The van der Waals surface area contributed by atoms with Gasteiger partial charge in [0, 0.05) is 56.0 Å². The van der Waals surface area contributed by atoms with E-state index in [1.165, 1.54) is 0 Å². The number of aromatic nitrogens is 1. The van der Waals surface area contributed by atoms with Crippen molar-refractivity contribution in [1.82, 2.24) is 9.47 Å². The monoisotopic (exact) mass is 374 g/mol. The van der Waals surface area contributed by atoms with Crippen LogP contribution in [0.15, 0.2) is 0 Å². The summed E-state index contributed by atoms with van der Waals surface area (Å²) in [6, 6.07) is 0. The minimum Gasteiger partial charge on any atom is -0.384 e. The number of ketones is 1. The molecule has 0 spiro atoms. The summed E-state index contributed by atoms with van der Waals surface area (Å²) in [5.74, 6) is 0.785. The van der Waals surface area contributed by atoms with Gasteiger partial charge in [-0.2, -0.15) is 0 Å². The Balaban J connectivity index is 1.88. The summed E-state index contributed by atoms with van der Waals surface area (Å²) >= 11 is 0. The molecule has 3 rings (SSSR count). The third-order valence-electron chi connectivity index (χ3n) is 6.14. The predicted octanol–water partition coefficient (Wildman–Crippen LogP) is 3.40. The number of hydrogen-bond donors (Lipinski definition) is 0. The Morgan fingerprint density at radius 1 is 1.30 bits per heavy atom. The molecule has 1 aromatic rings. The number of likely N-dealkylation sites (tertiary alicyclic amines) is 1. The molecule has 0 bridgehead atoms. The summed E-state index contributed by atoms with van der Waals surface area (Å²) in [7, 11) is 1.71. The summed E-state index contributed by atoms with van der Waals surface area (Å²) in [6.07, 6.45) is 3.84. The molecule has 0 radical (unpaired) electrons. The highest BCUT2D eigenvalue weighted by Crippen LogP contribution is 2.39. The lowest BCUT2D eigenvalue weighted by molar-refractivity contribution is -0.129. The summed E-state index contributed by atoms with van der Waals surface area (Å²) in [5, 5.41) is 0. The van der Waals surface area contributed by atoms with Crippen molar-refractivity contribution < 1.29 is 14.3 Å². The molecule has 1 amide bonds. The largest absolute Gasteiger partial charge is 0.384 e. The predicted molar refractivity (Wildman–Crippen MR) is 106 cm³/mol. The molecule has 150 valence electrons. The molecule has 2 aliphatic rings. The number of methoxy groups -OCH3 is 1. The second-order valence-corrected chi connectivity index (χ2v) is 9.10. The highest BCUT2D eigenvalue weighted by atomic mass is 16.5. The molecule has 0 aromatic carbocycles. The average molecular weight is 375 g/mol. The number of carbonyl (C=O) groups is 2. The van der Waals surface area contributed by atoms with Crippen LogP contribution in [0.5, 0.6) is 0 Å². The number of Topliss-reactive ketones (excluding diaryl/α,β-unsaturated/α-hetero) is 1. The van der Waals surface area contributed by atoms with E-state index in [2.05, 4.69) is 32.3 Å².